The van der Waals surface area contributed by atoms with Crippen molar-refractivity contribution in [2.45, 2.75) is 44.9 Å². The summed E-state index contributed by atoms with van der Waals surface area (Å²) in [6.45, 7) is 6.26. The molecule has 2 atom stereocenters. The predicted octanol–water partition coefficient (Wildman–Crippen LogP) is 6.71. The molecule has 0 spiro atoms. The molecule has 0 saturated carbocycles. The summed E-state index contributed by atoms with van der Waals surface area (Å²) in [6, 6.07) is 15.3. The van der Waals surface area contributed by atoms with Gasteiger partial charge in [0.2, 0.25) is 0 Å². The minimum Gasteiger partial charge on any atom is -0.330 e. The number of rotatable bonds is 4. The SMILES string of the molecule is CCc1ccc(C)c(-c2c(Cl)c(F)cc3c2[C@H](C)[C@@](CN)(c2ccccc2)C3)c1F. The maximum Gasteiger partial charge on any atom is 0.142 e. The first-order valence-electron chi connectivity index (χ1n) is 10.4. The van der Waals surface area contributed by atoms with E-state index in [1.807, 2.05) is 38.1 Å². The van der Waals surface area contributed by atoms with Gasteiger partial charge in [0.05, 0.1) is 5.02 Å². The number of nitrogens with two attached hydrogens (primary N) is 1. The van der Waals surface area contributed by atoms with E-state index in [2.05, 4.69) is 19.1 Å². The van der Waals surface area contributed by atoms with Crippen molar-refractivity contribution in [1.29, 1.82) is 0 Å². The fourth-order valence-electron chi connectivity index (χ4n) is 5.13. The summed E-state index contributed by atoms with van der Waals surface area (Å²) >= 11 is 6.53. The highest BCUT2D eigenvalue weighted by Crippen LogP contribution is 2.54. The van der Waals surface area contributed by atoms with Crippen molar-refractivity contribution in [1.82, 2.24) is 0 Å². The normalized spacial score (nSPS) is 20.4. The van der Waals surface area contributed by atoms with Gasteiger partial charge in [-0.1, -0.05) is 67.9 Å². The monoisotopic (exact) mass is 425 g/mol. The molecule has 0 aliphatic heterocycles. The van der Waals surface area contributed by atoms with Crippen LogP contribution in [-0.2, 0) is 18.3 Å². The van der Waals surface area contributed by atoms with Crippen LogP contribution < -0.4 is 5.73 Å². The largest absolute Gasteiger partial charge is 0.330 e. The molecule has 0 aromatic heterocycles. The van der Waals surface area contributed by atoms with Crippen LogP contribution >= 0.6 is 11.6 Å². The lowest BCUT2D eigenvalue weighted by Crippen LogP contribution is -2.38. The zero-order chi connectivity index (χ0) is 21.6. The maximum atomic E-state index is 15.5. The molecule has 4 heteroatoms. The van der Waals surface area contributed by atoms with E-state index in [-0.39, 0.29) is 22.2 Å². The summed E-state index contributed by atoms with van der Waals surface area (Å²) < 4.78 is 30.5. The topological polar surface area (TPSA) is 26.0 Å². The summed E-state index contributed by atoms with van der Waals surface area (Å²) in [5.74, 6) is -0.874. The Balaban J connectivity index is 2.03. The highest BCUT2D eigenvalue weighted by atomic mass is 35.5. The Labute approximate surface area is 181 Å². The molecular formula is C26H26ClF2N. The fourth-order valence-corrected chi connectivity index (χ4v) is 5.38. The summed E-state index contributed by atoms with van der Waals surface area (Å²) in [4.78, 5) is 0. The molecule has 0 fully saturated rings. The molecule has 3 aromatic carbocycles. The van der Waals surface area contributed by atoms with Crippen LogP contribution in [0.1, 0.15) is 47.6 Å². The average molecular weight is 426 g/mol. The lowest BCUT2D eigenvalue weighted by Gasteiger charge is -2.34. The Morgan fingerprint density at radius 3 is 2.43 bits per heavy atom. The quantitative estimate of drug-likeness (QED) is 0.493. The lowest BCUT2D eigenvalue weighted by atomic mass is 9.71. The van der Waals surface area contributed by atoms with Gasteiger partial charge in [-0.15, -0.1) is 0 Å². The minimum atomic E-state index is -0.515. The molecule has 2 N–H and O–H groups in total. The van der Waals surface area contributed by atoms with E-state index in [0.29, 0.717) is 36.1 Å². The first-order chi connectivity index (χ1) is 14.4. The Morgan fingerprint density at radius 1 is 1.10 bits per heavy atom. The molecule has 0 saturated heterocycles. The van der Waals surface area contributed by atoms with E-state index in [0.717, 1.165) is 22.3 Å². The van der Waals surface area contributed by atoms with Crippen LogP contribution in [0.3, 0.4) is 0 Å². The molecule has 156 valence electrons. The van der Waals surface area contributed by atoms with Gasteiger partial charge in [-0.2, -0.15) is 0 Å². The van der Waals surface area contributed by atoms with Crippen molar-refractivity contribution < 1.29 is 8.78 Å². The van der Waals surface area contributed by atoms with Gasteiger partial charge in [-0.05, 0) is 59.6 Å². The number of benzene rings is 3. The van der Waals surface area contributed by atoms with E-state index in [4.69, 9.17) is 17.3 Å². The first-order valence-corrected chi connectivity index (χ1v) is 10.8. The van der Waals surface area contributed by atoms with Gasteiger partial charge in [0.15, 0.2) is 0 Å². The Kier molecular flexibility index (Phi) is 5.46. The van der Waals surface area contributed by atoms with Crippen LogP contribution in [0.2, 0.25) is 5.02 Å². The van der Waals surface area contributed by atoms with Crippen LogP contribution in [0, 0.1) is 18.6 Å². The van der Waals surface area contributed by atoms with E-state index >= 15 is 4.39 Å². The second-order valence-electron chi connectivity index (χ2n) is 8.33. The van der Waals surface area contributed by atoms with Gasteiger partial charge in [-0.3, -0.25) is 0 Å². The van der Waals surface area contributed by atoms with Crippen molar-refractivity contribution in [3.63, 3.8) is 0 Å². The fraction of sp³-hybridized carbons (Fsp3) is 0.308. The number of halogens is 3. The van der Waals surface area contributed by atoms with Gasteiger partial charge >= 0.3 is 0 Å². The molecule has 1 nitrogen and oxygen atoms in total. The van der Waals surface area contributed by atoms with Gasteiger partial charge in [0, 0.05) is 23.1 Å². The van der Waals surface area contributed by atoms with Crippen molar-refractivity contribution in [2.24, 2.45) is 5.73 Å². The second-order valence-corrected chi connectivity index (χ2v) is 8.71. The van der Waals surface area contributed by atoms with Crippen LogP contribution in [0.4, 0.5) is 8.78 Å². The summed E-state index contributed by atoms with van der Waals surface area (Å²) in [6.07, 6.45) is 1.15. The molecule has 3 aromatic rings. The molecule has 4 rings (SSSR count). The summed E-state index contributed by atoms with van der Waals surface area (Å²) in [5, 5.41) is -0.0169. The second kappa shape index (κ2) is 7.79. The zero-order valence-electron chi connectivity index (χ0n) is 17.5. The lowest BCUT2D eigenvalue weighted by molar-refractivity contribution is 0.399. The summed E-state index contributed by atoms with van der Waals surface area (Å²) in [5.41, 5.74) is 11.1. The standard InChI is InChI=1S/C26H26ClF2N/c1-4-17-11-10-15(2)21(25(17)29)23-22-16(3)26(14-30,19-8-6-5-7-9-19)13-18(22)12-20(28)24(23)27/h5-12,16H,4,13-14,30H2,1-3H3/t16-,26+/m0/s1. The molecule has 0 unspecified atom stereocenters. The van der Waals surface area contributed by atoms with Gasteiger partial charge in [0.25, 0.3) is 0 Å². The van der Waals surface area contributed by atoms with Crippen LogP contribution in [0.15, 0.2) is 48.5 Å². The molecule has 0 bridgehead atoms. The molecule has 0 heterocycles. The Bertz CT molecular complexity index is 1110. The number of hydrogen-bond acceptors (Lipinski definition) is 1. The van der Waals surface area contributed by atoms with E-state index in [9.17, 15) is 4.39 Å². The van der Waals surface area contributed by atoms with Crippen molar-refractivity contribution in [2.75, 3.05) is 6.54 Å². The van der Waals surface area contributed by atoms with Crippen LogP contribution in [0.25, 0.3) is 11.1 Å². The highest BCUT2D eigenvalue weighted by molar-refractivity contribution is 6.33. The van der Waals surface area contributed by atoms with Crippen molar-refractivity contribution in [3.05, 3.63) is 93.0 Å². The van der Waals surface area contributed by atoms with Crippen LogP contribution in [-0.4, -0.2) is 6.54 Å². The average Bonchev–Trinajstić information content (AvgIpc) is 3.03. The van der Waals surface area contributed by atoms with Gasteiger partial charge in [0.1, 0.15) is 11.6 Å². The smallest absolute Gasteiger partial charge is 0.142 e. The molecule has 0 radical (unpaired) electrons. The van der Waals surface area contributed by atoms with Gasteiger partial charge < -0.3 is 5.73 Å². The van der Waals surface area contributed by atoms with Crippen LogP contribution in [0.5, 0.6) is 0 Å². The molecule has 1 aliphatic carbocycles. The van der Waals surface area contributed by atoms with Crippen molar-refractivity contribution >= 4 is 11.6 Å². The van der Waals surface area contributed by atoms with Gasteiger partial charge in [-0.25, -0.2) is 8.78 Å². The third-order valence-corrected chi connectivity index (χ3v) is 7.26. The molecule has 0 amide bonds. The predicted molar refractivity (Wildman–Crippen MR) is 120 cm³/mol. The Morgan fingerprint density at radius 2 is 1.80 bits per heavy atom. The number of hydrogen-bond donors (Lipinski definition) is 1. The summed E-state index contributed by atoms with van der Waals surface area (Å²) in [7, 11) is 0. The van der Waals surface area contributed by atoms with Crippen molar-refractivity contribution in [3.8, 4) is 11.1 Å². The Hall–Kier alpha value is -2.23. The third kappa shape index (κ3) is 2.99. The first kappa shape index (κ1) is 21.0. The van der Waals surface area contributed by atoms with E-state index in [1.165, 1.54) is 6.07 Å². The molecular weight excluding hydrogens is 400 g/mol. The highest BCUT2D eigenvalue weighted by Gasteiger charge is 2.46. The maximum absolute atomic E-state index is 15.5. The zero-order valence-corrected chi connectivity index (χ0v) is 18.3. The van der Waals surface area contributed by atoms with E-state index in [1.54, 1.807) is 6.07 Å². The third-order valence-electron chi connectivity index (χ3n) is 6.89. The molecule has 30 heavy (non-hydrogen) atoms. The minimum absolute atomic E-state index is 0.0169. The molecule has 1 aliphatic rings. The number of aryl methyl sites for hydroxylation is 2. The number of fused-ring (bicyclic) bond motifs is 1. The van der Waals surface area contributed by atoms with E-state index < -0.39 is 5.82 Å².